The summed E-state index contributed by atoms with van der Waals surface area (Å²) in [7, 11) is 1.88. The number of hydrogen-bond acceptors (Lipinski definition) is 18. The molecule has 2 saturated heterocycles. The number of ether oxygens (including phenoxy) is 10. The minimum Gasteiger partial charge on any atom is -0.491 e. The molecule has 2 fully saturated rings. The highest BCUT2D eigenvalue weighted by Gasteiger charge is 2.38. The molecule has 10 rings (SSSR count). The molecule has 6 unspecified atom stereocenters. The fraction of sp³-hybridized carbons (Fsp3) is 0.429. The van der Waals surface area contributed by atoms with Crippen LogP contribution in [0, 0.1) is 0 Å². The molecule has 0 bridgehead atoms. The maximum Gasteiger partial charge on any atom is 0.500 e. The molecule has 103 heavy (non-hydrogen) atoms. The lowest BCUT2D eigenvalue weighted by Crippen LogP contribution is -2.45. The highest BCUT2D eigenvalue weighted by Crippen LogP contribution is 2.38. The van der Waals surface area contributed by atoms with Crippen molar-refractivity contribution in [2.45, 2.75) is 126 Å². The number of aliphatic hydroxyl groups is 4. The van der Waals surface area contributed by atoms with Crippen LogP contribution in [-0.2, 0) is 44.4 Å². The number of aliphatic hydroxyl groups excluding tert-OH is 4. The Morgan fingerprint density at radius 3 is 0.718 bits per heavy atom. The van der Waals surface area contributed by atoms with Gasteiger partial charge in [-0.1, -0.05) is 152 Å². The SMILES string of the molecule is CO[Si](CCCN(CC(O)COc1ccc(C(C)(C)c2ccc(OCC(O)COc3ccc(C(C)(C)c4ccc(OCC5CO5)cc4)cc3)cc2)cc1)CC(O)COc1ccc(C(C)(C)c2ccc(OCC(O)COc3ccc(C(C)(C)c4ccc(OCC5CO5)cc4)cc3)cc2)cc1)(OC)OC. The van der Waals surface area contributed by atoms with Crippen molar-refractivity contribution in [2.24, 2.45) is 0 Å². The number of hydrogen-bond donors (Lipinski definition) is 4. The van der Waals surface area contributed by atoms with Crippen LogP contribution in [-0.4, -0.2) is 178 Å². The summed E-state index contributed by atoms with van der Waals surface area (Å²) in [5.41, 5.74) is 7.67. The summed E-state index contributed by atoms with van der Waals surface area (Å²) in [6, 6.07) is 64.5. The molecule has 2 heterocycles. The van der Waals surface area contributed by atoms with E-state index >= 15 is 0 Å². The van der Waals surface area contributed by atoms with Crippen molar-refractivity contribution in [3.63, 3.8) is 0 Å². The van der Waals surface area contributed by atoms with Gasteiger partial charge in [-0.3, -0.25) is 4.90 Å². The van der Waals surface area contributed by atoms with Gasteiger partial charge in [0.05, 0.1) is 13.2 Å². The van der Waals surface area contributed by atoms with Crippen molar-refractivity contribution in [1.82, 2.24) is 4.90 Å². The standard InChI is InChI=1S/C84H105NO17Si/c1-81(2,61-17-33-73(34-18-61)95-51-69(88)53-97-75-37-21-63(22-38-75)83(5,6)65-25-41-77(42-26-65)99-55-79-57-101-79)59-13-29-71(30-14-59)93-49-67(86)47-85(45-12-46-103(90-9,91-10)92-11)48-68(87)50-94-72-31-15-60(16-32-72)82(3,4)62-19-35-74(36-20-62)96-52-70(89)54-98-76-39-23-64(24-40-76)84(7,8)66-27-43-78(44-28-66)100-56-80-58-102-80/h13-44,67-70,79-80,86-89H,12,45-58H2,1-11H3. The van der Waals surface area contributed by atoms with Gasteiger partial charge in [0.2, 0.25) is 0 Å². The first kappa shape index (κ1) is 77.6. The molecule has 18 nitrogen and oxygen atoms in total. The van der Waals surface area contributed by atoms with Gasteiger partial charge in [0.25, 0.3) is 0 Å². The van der Waals surface area contributed by atoms with Gasteiger partial charge in [-0.05, 0) is 155 Å². The fourth-order valence-electron chi connectivity index (χ4n) is 12.4. The van der Waals surface area contributed by atoms with E-state index in [0.29, 0.717) is 66.7 Å². The number of nitrogens with zero attached hydrogens (tertiary/aromatic N) is 1. The number of epoxide rings is 2. The second kappa shape index (κ2) is 35.6. The smallest absolute Gasteiger partial charge is 0.491 e. The molecule has 0 radical (unpaired) electrons. The lowest BCUT2D eigenvalue weighted by molar-refractivity contribution is 0.0307. The summed E-state index contributed by atoms with van der Waals surface area (Å²) >= 11 is 0. The van der Waals surface area contributed by atoms with Gasteiger partial charge in [-0.25, -0.2) is 0 Å². The van der Waals surface area contributed by atoms with E-state index in [2.05, 4.69) is 104 Å². The van der Waals surface area contributed by atoms with Crippen molar-refractivity contribution in [3.8, 4) is 46.0 Å². The zero-order valence-electron chi connectivity index (χ0n) is 61.6. The first-order chi connectivity index (χ1) is 49.4. The largest absolute Gasteiger partial charge is 0.500 e. The molecule has 2 aliphatic rings. The van der Waals surface area contributed by atoms with Gasteiger partial charge in [0, 0.05) is 62.1 Å². The summed E-state index contributed by atoms with van der Waals surface area (Å²) in [4.78, 5) is 2.00. The average Bonchev–Trinajstić information content (AvgIpc) is 1.80. The molecule has 8 aromatic carbocycles. The predicted octanol–water partition coefficient (Wildman–Crippen LogP) is 12.9. The summed E-state index contributed by atoms with van der Waals surface area (Å²) in [6.07, 6.45) is -2.41. The molecule has 552 valence electrons. The summed E-state index contributed by atoms with van der Waals surface area (Å²) in [6.45, 7) is 21.4. The Morgan fingerprint density at radius 1 is 0.330 bits per heavy atom. The van der Waals surface area contributed by atoms with Gasteiger partial charge in [-0.15, -0.1) is 0 Å². The molecular formula is C84H105NO17Si. The van der Waals surface area contributed by atoms with Gasteiger partial charge < -0.3 is 81.1 Å². The second-order valence-electron chi connectivity index (χ2n) is 28.9. The minimum atomic E-state index is -2.88. The van der Waals surface area contributed by atoms with E-state index in [1.54, 1.807) is 21.3 Å². The number of benzene rings is 8. The summed E-state index contributed by atoms with van der Waals surface area (Å²) in [5.74, 6) is 5.49. The lowest BCUT2D eigenvalue weighted by atomic mass is 9.78. The monoisotopic (exact) mass is 1430 g/mol. The molecular weight excluding hydrogens is 1320 g/mol. The summed E-state index contributed by atoms with van der Waals surface area (Å²) < 4.78 is 75.4. The molecule has 2 aliphatic heterocycles. The molecule has 8 aromatic rings. The summed E-state index contributed by atoms with van der Waals surface area (Å²) in [5, 5.41) is 44.5. The third-order valence-corrected chi connectivity index (χ3v) is 22.6. The lowest BCUT2D eigenvalue weighted by Gasteiger charge is -2.29. The van der Waals surface area contributed by atoms with Gasteiger partial charge >= 0.3 is 8.80 Å². The van der Waals surface area contributed by atoms with Crippen molar-refractivity contribution in [2.75, 3.05) is 107 Å². The van der Waals surface area contributed by atoms with Crippen molar-refractivity contribution in [1.29, 1.82) is 0 Å². The molecule has 0 saturated carbocycles. The zero-order valence-corrected chi connectivity index (χ0v) is 62.6. The molecule has 0 amide bonds. The Labute approximate surface area is 609 Å². The van der Waals surface area contributed by atoms with Crippen LogP contribution in [0.15, 0.2) is 194 Å². The van der Waals surface area contributed by atoms with E-state index in [1.807, 2.05) is 150 Å². The van der Waals surface area contributed by atoms with Crippen LogP contribution in [0.2, 0.25) is 6.04 Å². The Bertz CT molecular complexity index is 3580. The Balaban J connectivity index is 0.635. The molecule has 0 aliphatic carbocycles. The highest BCUT2D eigenvalue weighted by molar-refractivity contribution is 6.60. The van der Waals surface area contributed by atoms with Crippen LogP contribution in [0.3, 0.4) is 0 Å². The van der Waals surface area contributed by atoms with Crippen LogP contribution in [0.25, 0.3) is 0 Å². The molecule has 19 heteroatoms. The molecule has 4 N–H and O–H groups in total. The van der Waals surface area contributed by atoms with Crippen LogP contribution >= 0.6 is 0 Å². The third kappa shape index (κ3) is 22.0. The van der Waals surface area contributed by atoms with Crippen LogP contribution in [0.1, 0.15) is 106 Å². The molecule has 0 aromatic heterocycles. The van der Waals surface area contributed by atoms with Crippen LogP contribution in [0.4, 0.5) is 0 Å². The maximum absolute atomic E-state index is 11.4. The third-order valence-electron chi connectivity index (χ3n) is 19.8. The van der Waals surface area contributed by atoms with E-state index < -0.39 is 33.2 Å². The first-order valence-electron chi connectivity index (χ1n) is 35.6. The van der Waals surface area contributed by atoms with Crippen molar-refractivity contribution in [3.05, 3.63) is 239 Å². The highest BCUT2D eigenvalue weighted by atomic mass is 28.4. The van der Waals surface area contributed by atoms with E-state index in [-0.39, 0.29) is 86.6 Å². The number of rotatable bonds is 43. The normalized spacial score (nSPS) is 15.9. The topological polar surface area (TPSA) is 211 Å². The van der Waals surface area contributed by atoms with Gasteiger partial charge in [0.15, 0.2) is 0 Å². The second-order valence-corrected chi connectivity index (χ2v) is 32.0. The average molecular weight is 1430 g/mol. The predicted molar refractivity (Wildman–Crippen MR) is 400 cm³/mol. The minimum absolute atomic E-state index is 0.0285. The van der Waals surface area contributed by atoms with Crippen LogP contribution in [0.5, 0.6) is 46.0 Å². The van der Waals surface area contributed by atoms with Gasteiger partial charge in [-0.2, -0.15) is 0 Å². The Hall–Kier alpha value is -8.02. The van der Waals surface area contributed by atoms with E-state index in [9.17, 15) is 20.4 Å². The zero-order chi connectivity index (χ0) is 73.2. The first-order valence-corrected chi connectivity index (χ1v) is 37.6. The Kier molecular flexibility index (Phi) is 26.8. The maximum atomic E-state index is 11.4. The van der Waals surface area contributed by atoms with Crippen LogP contribution < -0.4 is 37.9 Å². The molecule has 6 atom stereocenters. The fourth-order valence-corrected chi connectivity index (χ4v) is 14.1. The molecule has 0 spiro atoms. The Morgan fingerprint density at radius 2 is 0.524 bits per heavy atom. The quantitative estimate of drug-likeness (QED) is 0.0207. The van der Waals surface area contributed by atoms with E-state index in [1.165, 1.54) is 11.1 Å². The van der Waals surface area contributed by atoms with E-state index in [4.69, 9.17) is 60.6 Å². The van der Waals surface area contributed by atoms with Gasteiger partial charge in [0.1, 0.15) is 135 Å². The van der Waals surface area contributed by atoms with E-state index in [0.717, 1.165) is 58.1 Å². The van der Waals surface area contributed by atoms with Crippen molar-refractivity contribution < 1.29 is 81.1 Å². The van der Waals surface area contributed by atoms with Crippen molar-refractivity contribution >= 4 is 8.80 Å².